The van der Waals surface area contributed by atoms with Crippen LogP contribution in [0.25, 0.3) is 11.2 Å². The van der Waals surface area contributed by atoms with E-state index in [1.54, 1.807) is 15.3 Å². The van der Waals surface area contributed by atoms with Crippen LogP contribution in [0.1, 0.15) is 38.6 Å². The van der Waals surface area contributed by atoms with Gasteiger partial charge in [0.15, 0.2) is 5.65 Å². The number of carbonyl (C=O) groups excluding carboxylic acids is 1. The van der Waals surface area contributed by atoms with E-state index in [1.165, 1.54) is 6.42 Å². The summed E-state index contributed by atoms with van der Waals surface area (Å²) < 4.78 is 3.56. The highest BCUT2D eigenvalue weighted by Crippen LogP contribution is 2.31. The summed E-state index contributed by atoms with van der Waals surface area (Å²) in [5.74, 6) is 0.500. The summed E-state index contributed by atoms with van der Waals surface area (Å²) in [4.78, 5) is 31.6. The molecule has 0 unspecified atom stereocenters. The van der Waals surface area contributed by atoms with E-state index in [2.05, 4.69) is 4.98 Å². The van der Waals surface area contributed by atoms with Gasteiger partial charge in [0.05, 0.1) is 11.6 Å². The van der Waals surface area contributed by atoms with Crippen molar-refractivity contribution >= 4 is 17.1 Å². The summed E-state index contributed by atoms with van der Waals surface area (Å²) in [5, 5.41) is 0. The van der Waals surface area contributed by atoms with E-state index in [-0.39, 0.29) is 23.6 Å². The first-order valence-corrected chi connectivity index (χ1v) is 8.55. The molecule has 1 amide bonds. The molecule has 2 aromatic rings. The van der Waals surface area contributed by atoms with Gasteiger partial charge in [-0.15, -0.1) is 0 Å². The molecule has 2 aromatic heterocycles. The molecule has 0 spiro atoms. The summed E-state index contributed by atoms with van der Waals surface area (Å²) in [6.07, 6.45) is 5.77. The Morgan fingerprint density at radius 1 is 1.35 bits per heavy atom. The quantitative estimate of drug-likeness (QED) is 0.868. The lowest BCUT2D eigenvalue weighted by atomic mass is 9.84. The predicted octanol–water partition coefficient (Wildman–Crippen LogP) is 1.79. The number of aryl methyl sites for hydroxylation is 1. The number of hydrogen-bond donors (Lipinski definition) is 0. The highest BCUT2D eigenvalue weighted by atomic mass is 16.2. The maximum atomic E-state index is 12.8. The summed E-state index contributed by atoms with van der Waals surface area (Å²) in [5.41, 5.74) is 1.61. The molecule has 1 aliphatic heterocycles. The number of imidazole rings is 1. The van der Waals surface area contributed by atoms with Crippen LogP contribution in [-0.4, -0.2) is 38.0 Å². The number of amides is 1. The molecular weight excluding hydrogens is 292 g/mol. The van der Waals surface area contributed by atoms with Crippen molar-refractivity contribution in [1.29, 1.82) is 0 Å². The maximum Gasteiger partial charge on any atom is 0.330 e. The van der Waals surface area contributed by atoms with Gasteiger partial charge in [0.1, 0.15) is 0 Å². The zero-order chi connectivity index (χ0) is 16.0. The monoisotopic (exact) mass is 314 g/mol. The molecule has 1 aliphatic carbocycles. The molecule has 122 valence electrons. The van der Waals surface area contributed by atoms with Crippen molar-refractivity contribution in [1.82, 2.24) is 19.0 Å². The van der Waals surface area contributed by atoms with Crippen LogP contribution < -0.4 is 5.69 Å². The zero-order valence-corrected chi connectivity index (χ0v) is 13.4. The van der Waals surface area contributed by atoms with Gasteiger partial charge in [-0.3, -0.25) is 13.9 Å². The number of pyridine rings is 1. The van der Waals surface area contributed by atoms with Crippen LogP contribution in [0.3, 0.4) is 0 Å². The van der Waals surface area contributed by atoms with Crippen molar-refractivity contribution in [3.63, 3.8) is 0 Å². The summed E-state index contributed by atoms with van der Waals surface area (Å²) in [6, 6.07) is 3.84. The second-order valence-corrected chi connectivity index (χ2v) is 6.60. The molecule has 0 radical (unpaired) electrons. The van der Waals surface area contributed by atoms with Crippen molar-refractivity contribution < 1.29 is 4.79 Å². The van der Waals surface area contributed by atoms with Crippen LogP contribution in [0.5, 0.6) is 0 Å². The topological polar surface area (TPSA) is 60.1 Å². The smallest absolute Gasteiger partial charge is 0.330 e. The Balaban J connectivity index is 1.66. The minimum Gasteiger partial charge on any atom is -0.340 e. The molecule has 0 bridgehead atoms. The molecule has 6 heteroatoms. The molecule has 1 saturated heterocycles. The van der Waals surface area contributed by atoms with Crippen LogP contribution in [-0.2, 0) is 11.3 Å². The highest BCUT2D eigenvalue weighted by Gasteiger charge is 2.35. The fraction of sp³-hybridized carbons (Fsp3) is 0.588. The highest BCUT2D eigenvalue weighted by molar-refractivity contribution is 5.80. The Hall–Kier alpha value is -2.11. The van der Waals surface area contributed by atoms with E-state index in [1.807, 2.05) is 24.0 Å². The van der Waals surface area contributed by atoms with Crippen molar-refractivity contribution in [2.24, 2.45) is 5.92 Å². The zero-order valence-electron chi connectivity index (χ0n) is 13.4. The third-order valence-corrected chi connectivity index (χ3v) is 5.33. The van der Waals surface area contributed by atoms with E-state index in [4.69, 9.17) is 0 Å². The normalized spacial score (nSPS) is 21.8. The van der Waals surface area contributed by atoms with E-state index in [0.29, 0.717) is 13.1 Å². The van der Waals surface area contributed by atoms with E-state index < -0.39 is 0 Å². The van der Waals surface area contributed by atoms with Gasteiger partial charge in [-0.05, 0) is 38.3 Å². The van der Waals surface area contributed by atoms with Gasteiger partial charge in [0.25, 0.3) is 0 Å². The largest absolute Gasteiger partial charge is 0.340 e. The number of aromatic nitrogens is 3. The first-order valence-electron chi connectivity index (χ1n) is 8.55. The van der Waals surface area contributed by atoms with Gasteiger partial charge in [-0.25, -0.2) is 9.78 Å². The predicted molar refractivity (Wildman–Crippen MR) is 87.2 cm³/mol. The number of nitrogens with zero attached hydrogens (tertiary/aromatic N) is 4. The minimum atomic E-state index is -0.0101. The second-order valence-electron chi connectivity index (χ2n) is 6.60. The Labute approximate surface area is 134 Å². The van der Waals surface area contributed by atoms with Crippen LogP contribution in [0, 0.1) is 5.92 Å². The Morgan fingerprint density at radius 2 is 2.17 bits per heavy atom. The molecule has 23 heavy (non-hydrogen) atoms. The number of rotatable bonds is 3. The molecule has 4 rings (SSSR count). The average Bonchev–Trinajstić information content (AvgIpc) is 3.07. The minimum absolute atomic E-state index is 0.0101. The average molecular weight is 314 g/mol. The van der Waals surface area contributed by atoms with Crippen LogP contribution >= 0.6 is 0 Å². The maximum absolute atomic E-state index is 12.8. The van der Waals surface area contributed by atoms with E-state index in [0.717, 1.165) is 37.0 Å². The second kappa shape index (κ2) is 5.51. The first-order chi connectivity index (χ1) is 11.2. The fourth-order valence-corrected chi connectivity index (χ4v) is 3.81. The van der Waals surface area contributed by atoms with Gasteiger partial charge in [-0.1, -0.05) is 6.42 Å². The molecule has 3 heterocycles. The molecule has 2 fully saturated rings. The Bertz CT molecular complexity index is 803. The number of fused-ring (bicyclic) bond motifs is 1. The fourth-order valence-electron chi connectivity index (χ4n) is 3.81. The van der Waals surface area contributed by atoms with Crippen molar-refractivity contribution in [2.45, 2.75) is 45.2 Å². The molecule has 2 aliphatic rings. The SMILES string of the molecule is CCn1c(=O)n([C@@H]2CCN(C(=O)C3CCC3)C2)c2ncccc21. The summed E-state index contributed by atoms with van der Waals surface area (Å²) in [6.45, 7) is 3.98. The lowest BCUT2D eigenvalue weighted by Crippen LogP contribution is -2.38. The van der Waals surface area contributed by atoms with Crippen molar-refractivity contribution in [3.05, 3.63) is 28.8 Å². The molecule has 0 N–H and O–H groups in total. The lowest BCUT2D eigenvalue weighted by Gasteiger charge is -2.29. The van der Waals surface area contributed by atoms with Crippen LogP contribution in [0.2, 0.25) is 0 Å². The number of hydrogen-bond acceptors (Lipinski definition) is 3. The third kappa shape index (κ3) is 2.19. The molecule has 6 nitrogen and oxygen atoms in total. The standard InChI is InChI=1S/C17H22N4O2/c1-2-20-14-7-4-9-18-15(14)21(17(20)23)13-8-10-19(11-13)16(22)12-5-3-6-12/h4,7,9,12-13H,2-3,5-6,8,10-11H2,1H3/t13-/m1/s1. The molecular formula is C17H22N4O2. The van der Waals surface area contributed by atoms with Crippen LogP contribution in [0.4, 0.5) is 0 Å². The van der Waals surface area contributed by atoms with Crippen molar-refractivity contribution in [3.8, 4) is 0 Å². The first kappa shape index (κ1) is 14.5. The number of likely N-dealkylation sites (tertiary alicyclic amines) is 1. The van der Waals surface area contributed by atoms with E-state index >= 15 is 0 Å². The van der Waals surface area contributed by atoms with Gasteiger partial charge < -0.3 is 4.90 Å². The lowest BCUT2D eigenvalue weighted by molar-refractivity contribution is -0.137. The van der Waals surface area contributed by atoms with Gasteiger partial charge in [0, 0.05) is 31.7 Å². The Kier molecular flexibility index (Phi) is 3.47. The summed E-state index contributed by atoms with van der Waals surface area (Å²) in [7, 11) is 0. The molecule has 1 saturated carbocycles. The number of carbonyl (C=O) groups is 1. The summed E-state index contributed by atoms with van der Waals surface area (Å²) >= 11 is 0. The van der Waals surface area contributed by atoms with Gasteiger partial charge in [-0.2, -0.15) is 0 Å². The van der Waals surface area contributed by atoms with Crippen molar-refractivity contribution in [2.75, 3.05) is 13.1 Å². The van der Waals surface area contributed by atoms with E-state index in [9.17, 15) is 9.59 Å². The van der Waals surface area contributed by atoms with Gasteiger partial charge >= 0.3 is 5.69 Å². The molecule has 1 atom stereocenters. The Morgan fingerprint density at radius 3 is 2.87 bits per heavy atom. The van der Waals surface area contributed by atoms with Crippen LogP contribution in [0.15, 0.2) is 23.1 Å². The third-order valence-electron chi connectivity index (χ3n) is 5.33. The van der Waals surface area contributed by atoms with Gasteiger partial charge in [0.2, 0.25) is 5.91 Å². The molecule has 0 aromatic carbocycles.